The van der Waals surface area contributed by atoms with Crippen LogP contribution in [0.25, 0.3) is 11.3 Å². The van der Waals surface area contributed by atoms with Gasteiger partial charge in [-0.05, 0) is 12.1 Å². The van der Waals surface area contributed by atoms with E-state index in [-0.39, 0.29) is 22.9 Å². The van der Waals surface area contributed by atoms with E-state index >= 15 is 0 Å². The molecule has 0 saturated carbocycles. The van der Waals surface area contributed by atoms with Gasteiger partial charge in [0.05, 0.1) is 5.56 Å². The predicted octanol–water partition coefficient (Wildman–Crippen LogP) is 2.75. The number of nitrogens with two attached hydrogens (primary N) is 1. The Hall–Kier alpha value is -2.71. The third-order valence-corrected chi connectivity index (χ3v) is 2.29. The molecule has 0 atom stereocenters. The lowest BCUT2D eigenvalue weighted by Crippen LogP contribution is -2.17. The molecule has 112 valence electrons. The lowest BCUT2D eigenvalue weighted by molar-refractivity contribution is -0.274. The molecule has 2 N–H and O–H groups in total. The van der Waals surface area contributed by atoms with Crippen molar-refractivity contribution in [3.63, 3.8) is 0 Å². The van der Waals surface area contributed by atoms with Crippen LogP contribution in [-0.2, 0) is 4.79 Å². The van der Waals surface area contributed by atoms with Gasteiger partial charge in [-0.2, -0.15) is 0 Å². The van der Waals surface area contributed by atoms with Crippen LogP contribution in [0.3, 0.4) is 0 Å². The van der Waals surface area contributed by atoms with E-state index in [9.17, 15) is 18.0 Å². The van der Waals surface area contributed by atoms with Crippen molar-refractivity contribution < 1.29 is 32.0 Å². The highest BCUT2D eigenvalue weighted by Gasteiger charge is 2.33. The minimum absolute atomic E-state index is 0.0773. The van der Waals surface area contributed by atoms with Crippen molar-refractivity contribution in [1.82, 2.24) is 5.16 Å². The summed E-state index contributed by atoms with van der Waals surface area (Å²) in [5, 5.41) is 3.51. The number of para-hydroxylation sites is 1. The molecule has 0 spiro atoms. The van der Waals surface area contributed by atoms with Crippen molar-refractivity contribution in [3.8, 4) is 22.8 Å². The van der Waals surface area contributed by atoms with E-state index in [1.54, 1.807) is 0 Å². The molecule has 0 aliphatic rings. The van der Waals surface area contributed by atoms with Crippen LogP contribution in [0.15, 0.2) is 28.8 Å². The van der Waals surface area contributed by atoms with E-state index in [4.69, 9.17) is 10.5 Å². The minimum atomic E-state index is -4.88. The van der Waals surface area contributed by atoms with Crippen LogP contribution in [0.2, 0.25) is 0 Å². The quantitative estimate of drug-likeness (QED) is 0.877. The Morgan fingerprint density at radius 2 is 2.00 bits per heavy atom. The molecule has 1 heterocycles. The van der Waals surface area contributed by atoms with Gasteiger partial charge in [-0.3, -0.25) is 4.79 Å². The Morgan fingerprint density at radius 1 is 1.33 bits per heavy atom. The molecule has 0 aliphatic carbocycles. The molecule has 0 fully saturated rings. The highest BCUT2D eigenvalue weighted by molar-refractivity contribution is 5.80. The monoisotopic (exact) mass is 302 g/mol. The van der Waals surface area contributed by atoms with Crippen LogP contribution in [0.1, 0.15) is 6.92 Å². The molecular formula is C12H9F3N2O4. The van der Waals surface area contributed by atoms with Crippen LogP contribution >= 0.6 is 0 Å². The fourth-order valence-electron chi connectivity index (χ4n) is 1.58. The highest BCUT2D eigenvalue weighted by Crippen LogP contribution is 2.40. The average molecular weight is 302 g/mol. The van der Waals surface area contributed by atoms with Gasteiger partial charge in [0.2, 0.25) is 5.75 Å². The lowest BCUT2D eigenvalue weighted by Gasteiger charge is -2.12. The molecule has 0 radical (unpaired) electrons. The first-order valence-corrected chi connectivity index (χ1v) is 5.56. The van der Waals surface area contributed by atoms with Gasteiger partial charge in [-0.1, -0.05) is 17.3 Å². The number of aromatic nitrogens is 1. The molecule has 0 amide bonds. The van der Waals surface area contributed by atoms with E-state index in [1.807, 2.05) is 0 Å². The predicted molar refractivity (Wildman–Crippen MR) is 64.3 cm³/mol. The second-order valence-corrected chi connectivity index (χ2v) is 3.86. The van der Waals surface area contributed by atoms with Gasteiger partial charge < -0.3 is 19.7 Å². The van der Waals surface area contributed by atoms with Crippen LogP contribution in [-0.4, -0.2) is 17.5 Å². The third-order valence-electron chi connectivity index (χ3n) is 2.29. The number of esters is 1. The Labute approximate surface area is 116 Å². The zero-order chi connectivity index (χ0) is 15.6. The number of nitrogen functional groups attached to an aromatic ring is 1. The Balaban J connectivity index is 2.50. The summed E-state index contributed by atoms with van der Waals surface area (Å²) < 4.78 is 50.5. The fraction of sp³-hybridized carbons (Fsp3) is 0.167. The number of nitrogens with zero attached hydrogens (tertiary/aromatic N) is 1. The van der Waals surface area contributed by atoms with E-state index in [0.29, 0.717) is 0 Å². The standard InChI is InChI=1S/C12H9F3N2O4/c1-6(18)19-10-9(17-21-11(10)16)7-4-2-3-5-8(7)20-12(13,14)15/h2-5H,16H2,1H3. The first-order valence-electron chi connectivity index (χ1n) is 5.56. The summed E-state index contributed by atoms with van der Waals surface area (Å²) in [5.74, 6) is -1.84. The molecule has 9 heteroatoms. The number of anilines is 1. The molecule has 0 unspecified atom stereocenters. The van der Waals surface area contributed by atoms with Gasteiger partial charge in [-0.15, -0.1) is 13.2 Å². The Kier molecular flexibility index (Phi) is 3.74. The van der Waals surface area contributed by atoms with Crippen molar-refractivity contribution in [2.75, 3.05) is 5.73 Å². The van der Waals surface area contributed by atoms with Gasteiger partial charge in [0.1, 0.15) is 5.75 Å². The zero-order valence-corrected chi connectivity index (χ0v) is 10.6. The van der Waals surface area contributed by atoms with Gasteiger partial charge in [0.25, 0.3) is 5.88 Å². The normalized spacial score (nSPS) is 11.2. The largest absolute Gasteiger partial charge is 0.573 e. The van der Waals surface area contributed by atoms with Gasteiger partial charge in [-0.25, -0.2) is 0 Å². The summed E-state index contributed by atoms with van der Waals surface area (Å²) in [6.07, 6.45) is -4.88. The Bertz CT molecular complexity index is 667. The maximum absolute atomic E-state index is 12.4. The van der Waals surface area contributed by atoms with Crippen LogP contribution < -0.4 is 15.2 Å². The summed E-state index contributed by atoms with van der Waals surface area (Å²) in [5.41, 5.74) is 5.19. The molecule has 2 rings (SSSR count). The number of hydrogen-bond acceptors (Lipinski definition) is 6. The number of carbonyl (C=O) groups excluding carboxylic acids is 1. The SMILES string of the molecule is CC(=O)Oc1c(-c2ccccc2OC(F)(F)F)noc1N. The summed E-state index contributed by atoms with van der Waals surface area (Å²) in [6, 6.07) is 5.19. The summed E-state index contributed by atoms with van der Waals surface area (Å²) in [6.45, 7) is 1.11. The minimum Gasteiger partial charge on any atom is -0.418 e. The molecule has 0 bridgehead atoms. The van der Waals surface area contributed by atoms with E-state index in [1.165, 1.54) is 18.2 Å². The second kappa shape index (κ2) is 5.35. The van der Waals surface area contributed by atoms with E-state index < -0.39 is 18.1 Å². The number of benzene rings is 1. The maximum Gasteiger partial charge on any atom is 0.573 e. The fourth-order valence-corrected chi connectivity index (χ4v) is 1.58. The summed E-state index contributed by atoms with van der Waals surface area (Å²) in [7, 11) is 0. The molecule has 0 aliphatic heterocycles. The zero-order valence-electron chi connectivity index (χ0n) is 10.6. The number of halogens is 3. The first kappa shape index (κ1) is 14.7. The topological polar surface area (TPSA) is 87.6 Å². The van der Waals surface area contributed by atoms with E-state index in [2.05, 4.69) is 14.4 Å². The van der Waals surface area contributed by atoms with Crippen LogP contribution in [0, 0.1) is 0 Å². The van der Waals surface area contributed by atoms with Crippen molar-refractivity contribution in [3.05, 3.63) is 24.3 Å². The van der Waals surface area contributed by atoms with Gasteiger partial charge >= 0.3 is 12.3 Å². The number of ether oxygens (including phenoxy) is 2. The number of alkyl halides is 3. The molecular weight excluding hydrogens is 293 g/mol. The number of rotatable bonds is 3. The number of hydrogen-bond donors (Lipinski definition) is 1. The maximum atomic E-state index is 12.4. The molecule has 1 aromatic heterocycles. The highest BCUT2D eigenvalue weighted by atomic mass is 19.4. The average Bonchev–Trinajstić information content (AvgIpc) is 2.69. The second-order valence-electron chi connectivity index (χ2n) is 3.86. The van der Waals surface area contributed by atoms with Crippen molar-refractivity contribution in [2.45, 2.75) is 13.3 Å². The summed E-state index contributed by atoms with van der Waals surface area (Å²) >= 11 is 0. The van der Waals surface area contributed by atoms with E-state index in [0.717, 1.165) is 13.0 Å². The lowest BCUT2D eigenvalue weighted by atomic mass is 10.1. The van der Waals surface area contributed by atoms with Crippen LogP contribution in [0.4, 0.5) is 19.1 Å². The van der Waals surface area contributed by atoms with Crippen molar-refractivity contribution in [2.24, 2.45) is 0 Å². The molecule has 0 saturated heterocycles. The molecule has 1 aromatic carbocycles. The molecule has 21 heavy (non-hydrogen) atoms. The number of carbonyl (C=O) groups is 1. The third kappa shape index (κ3) is 3.44. The summed E-state index contributed by atoms with van der Waals surface area (Å²) in [4.78, 5) is 11.0. The van der Waals surface area contributed by atoms with Gasteiger partial charge in [0.15, 0.2) is 5.69 Å². The molecule has 6 nitrogen and oxygen atoms in total. The van der Waals surface area contributed by atoms with Gasteiger partial charge in [0, 0.05) is 6.92 Å². The first-order chi connectivity index (χ1) is 9.78. The van der Waals surface area contributed by atoms with Crippen LogP contribution in [0.5, 0.6) is 11.5 Å². The smallest absolute Gasteiger partial charge is 0.418 e. The van der Waals surface area contributed by atoms with Crippen molar-refractivity contribution >= 4 is 11.9 Å². The molecule has 2 aromatic rings. The Morgan fingerprint density at radius 3 is 2.62 bits per heavy atom. The van der Waals surface area contributed by atoms with Crippen molar-refractivity contribution in [1.29, 1.82) is 0 Å².